The average molecular weight is 439 g/mol. The van der Waals surface area contributed by atoms with Gasteiger partial charge in [-0.3, -0.25) is 5.32 Å². The number of aromatic nitrogens is 1. The van der Waals surface area contributed by atoms with Crippen molar-refractivity contribution in [2.45, 2.75) is 5.92 Å². The Labute approximate surface area is 169 Å². The summed E-state index contributed by atoms with van der Waals surface area (Å²) in [5.41, 5.74) is 4.35. The first kappa shape index (κ1) is 18.2. The molecule has 1 heterocycles. The summed E-state index contributed by atoms with van der Waals surface area (Å²) in [6, 6.07) is 17.4. The van der Waals surface area contributed by atoms with Gasteiger partial charge in [-0.1, -0.05) is 48.5 Å². The smallest absolute Gasteiger partial charge is 0.412 e. The Balaban J connectivity index is 1.51. The van der Waals surface area contributed by atoms with Crippen LogP contribution in [0.4, 0.5) is 10.6 Å². The number of ether oxygens (including phenoxy) is 1. The minimum Gasteiger partial charge on any atom is -0.478 e. The van der Waals surface area contributed by atoms with Gasteiger partial charge in [0.15, 0.2) is 0 Å². The number of benzene rings is 2. The highest BCUT2D eigenvalue weighted by molar-refractivity contribution is 9.10. The first-order valence-corrected chi connectivity index (χ1v) is 9.34. The van der Waals surface area contributed by atoms with Crippen molar-refractivity contribution >= 4 is 33.8 Å². The molecule has 2 N–H and O–H groups in total. The molecule has 1 aliphatic carbocycles. The highest BCUT2D eigenvalue weighted by Crippen LogP contribution is 2.44. The van der Waals surface area contributed by atoms with E-state index in [0.29, 0.717) is 4.47 Å². The van der Waals surface area contributed by atoms with Crippen molar-refractivity contribution in [3.63, 3.8) is 0 Å². The maximum Gasteiger partial charge on any atom is 0.412 e. The zero-order valence-corrected chi connectivity index (χ0v) is 16.1. The third-order valence-corrected chi connectivity index (χ3v) is 5.08. The lowest BCUT2D eigenvalue weighted by molar-refractivity contribution is 0.0697. The zero-order valence-electron chi connectivity index (χ0n) is 14.6. The lowest BCUT2D eigenvalue weighted by Gasteiger charge is -2.15. The van der Waals surface area contributed by atoms with Gasteiger partial charge in [-0.2, -0.15) is 0 Å². The fourth-order valence-electron chi connectivity index (χ4n) is 3.43. The predicted octanol–water partition coefficient (Wildman–Crippen LogP) is 4.90. The van der Waals surface area contributed by atoms with Gasteiger partial charge in [0.25, 0.3) is 0 Å². The highest BCUT2D eigenvalue weighted by Gasteiger charge is 2.29. The van der Waals surface area contributed by atoms with Crippen LogP contribution >= 0.6 is 15.9 Å². The van der Waals surface area contributed by atoms with Crippen molar-refractivity contribution in [2.75, 3.05) is 11.9 Å². The van der Waals surface area contributed by atoms with Crippen molar-refractivity contribution in [1.29, 1.82) is 0 Å². The minimum atomic E-state index is -1.19. The van der Waals surface area contributed by atoms with E-state index < -0.39 is 12.1 Å². The maximum atomic E-state index is 12.3. The maximum absolute atomic E-state index is 12.3. The Bertz CT molecular complexity index is 1040. The van der Waals surface area contributed by atoms with Crippen molar-refractivity contribution in [3.8, 4) is 11.1 Å². The Morgan fingerprint density at radius 3 is 2.29 bits per heavy atom. The molecule has 1 amide bonds. The van der Waals surface area contributed by atoms with Gasteiger partial charge in [0.05, 0.1) is 0 Å². The van der Waals surface area contributed by atoms with Gasteiger partial charge in [-0.15, -0.1) is 0 Å². The van der Waals surface area contributed by atoms with Crippen LogP contribution in [0.5, 0.6) is 0 Å². The van der Waals surface area contributed by atoms with Crippen LogP contribution in [0.1, 0.15) is 27.4 Å². The van der Waals surface area contributed by atoms with Gasteiger partial charge in [0.1, 0.15) is 18.0 Å². The van der Waals surface area contributed by atoms with Gasteiger partial charge >= 0.3 is 12.1 Å². The van der Waals surface area contributed by atoms with Crippen LogP contribution < -0.4 is 5.32 Å². The summed E-state index contributed by atoms with van der Waals surface area (Å²) in [5.74, 6) is -1.33. The van der Waals surface area contributed by atoms with E-state index in [1.807, 2.05) is 36.4 Å². The van der Waals surface area contributed by atoms with Gasteiger partial charge in [-0.25, -0.2) is 14.6 Å². The van der Waals surface area contributed by atoms with E-state index in [9.17, 15) is 14.7 Å². The van der Waals surface area contributed by atoms with E-state index in [-0.39, 0.29) is 23.9 Å². The molecule has 1 aliphatic rings. The largest absolute Gasteiger partial charge is 0.478 e. The lowest BCUT2D eigenvalue weighted by atomic mass is 9.98. The molecule has 0 spiro atoms. The fourth-order valence-corrected chi connectivity index (χ4v) is 3.76. The van der Waals surface area contributed by atoms with Crippen molar-refractivity contribution < 1.29 is 19.4 Å². The molecule has 0 aliphatic heterocycles. The van der Waals surface area contributed by atoms with Gasteiger partial charge in [-0.05, 0) is 44.3 Å². The molecule has 1 aromatic heterocycles. The second-order valence-electron chi connectivity index (χ2n) is 6.31. The highest BCUT2D eigenvalue weighted by atomic mass is 79.9. The molecule has 2 aromatic carbocycles. The fraction of sp³-hybridized carbons (Fsp3) is 0.0952. The summed E-state index contributed by atoms with van der Waals surface area (Å²) in [5, 5.41) is 11.7. The average Bonchev–Trinajstić information content (AvgIpc) is 3.01. The molecule has 0 bridgehead atoms. The lowest BCUT2D eigenvalue weighted by Crippen LogP contribution is -2.20. The van der Waals surface area contributed by atoms with Crippen LogP contribution in [-0.2, 0) is 4.74 Å². The molecule has 4 rings (SSSR count). The number of hydrogen-bond acceptors (Lipinski definition) is 4. The summed E-state index contributed by atoms with van der Waals surface area (Å²) in [6.07, 6.45) is 0.657. The van der Waals surface area contributed by atoms with E-state index in [2.05, 4.69) is 38.4 Å². The molecule has 0 fully saturated rings. The molecule has 0 saturated heterocycles. The number of nitrogens with one attached hydrogen (secondary N) is 1. The van der Waals surface area contributed by atoms with Gasteiger partial charge in [0, 0.05) is 16.6 Å². The van der Waals surface area contributed by atoms with E-state index in [0.717, 1.165) is 22.3 Å². The summed E-state index contributed by atoms with van der Waals surface area (Å²) in [4.78, 5) is 27.6. The molecule has 3 aromatic rings. The van der Waals surface area contributed by atoms with Crippen LogP contribution in [0.25, 0.3) is 11.1 Å². The van der Waals surface area contributed by atoms with Crippen molar-refractivity contribution in [1.82, 2.24) is 4.98 Å². The van der Waals surface area contributed by atoms with Crippen LogP contribution in [0, 0.1) is 0 Å². The monoisotopic (exact) mass is 438 g/mol. The molecular formula is C21H15BrN2O4. The number of anilines is 1. The normalized spacial score (nSPS) is 12.2. The first-order chi connectivity index (χ1) is 13.5. The molecule has 0 unspecified atom stereocenters. The van der Waals surface area contributed by atoms with E-state index in [1.165, 1.54) is 12.3 Å². The molecule has 0 saturated carbocycles. The number of carbonyl (C=O) groups is 2. The summed E-state index contributed by atoms with van der Waals surface area (Å²) in [7, 11) is 0. The molecule has 140 valence electrons. The van der Waals surface area contributed by atoms with Crippen LogP contribution in [0.2, 0.25) is 0 Å². The number of carboxylic acid groups (broad SMARTS) is 1. The number of rotatable bonds is 4. The number of pyridine rings is 1. The Hall–Kier alpha value is -3.19. The molecule has 0 radical (unpaired) electrons. The van der Waals surface area contributed by atoms with Crippen LogP contribution in [0.15, 0.2) is 65.3 Å². The van der Waals surface area contributed by atoms with Crippen molar-refractivity contribution in [2.24, 2.45) is 0 Å². The van der Waals surface area contributed by atoms with E-state index in [4.69, 9.17) is 4.74 Å². The first-order valence-electron chi connectivity index (χ1n) is 8.55. The number of carboxylic acids is 1. The second-order valence-corrected chi connectivity index (χ2v) is 7.22. The second kappa shape index (κ2) is 7.44. The number of halogens is 1. The van der Waals surface area contributed by atoms with Crippen LogP contribution in [0.3, 0.4) is 0 Å². The SMILES string of the molecule is O=C(Nc1ncc(Br)cc1C(=O)O)OCC1c2ccccc2-c2ccccc21. The molecule has 28 heavy (non-hydrogen) atoms. The summed E-state index contributed by atoms with van der Waals surface area (Å²) in [6.45, 7) is 0.138. The number of hydrogen-bond donors (Lipinski definition) is 2. The van der Waals surface area contributed by atoms with E-state index in [1.54, 1.807) is 0 Å². The number of aromatic carboxylic acids is 1. The minimum absolute atomic E-state index is 0.0621. The molecule has 6 nitrogen and oxygen atoms in total. The van der Waals surface area contributed by atoms with Crippen molar-refractivity contribution in [3.05, 3.63) is 82.0 Å². The quantitative estimate of drug-likeness (QED) is 0.604. The third kappa shape index (κ3) is 3.36. The molecular weight excluding hydrogens is 424 g/mol. The Morgan fingerprint density at radius 1 is 1.07 bits per heavy atom. The Morgan fingerprint density at radius 2 is 1.68 bits per heavy atom. The Kier molecular flexibility index (Phi) is 4.83. The number of nitrogens with zero attached hydrogens (tertiary/aromatic N) is 1. The van der Waals surface area contributed by atoms with Gasteiger partial charge < -0.3 is 9.84 Å². The predicted molar refractivity (Wildman–Crippen MR) is 108 cm³/mol. The number of fused-ring (bicyclic) bond motifs is 3. The zero-order chi connectivity index (χ0) is 19.7. The molecule has 0 atom stereocenters. The summed E-state index contributed by atoms with van der Waals surface area (Å²) >= 11 is 3.17. The molecule has 7 heteroatoms. The van der Waals surface area contributed by atoms with E-state index >= 15 is 0 Å². The summed E-state index contributed by atoms with van der Waals surface area (Å²) < 4.78 is 5.92. The topological polar surface area (TPSA) is 88.5 Å². The third-order valence-electron chi connectivity index (χ3n) is 4.65. The van der Waals surface area contributed by atoms with Gasteiger partial charge in [0.2, 0.25) is 0 Å². The standard InChI is InChI=1S/C21H15BrN2O4/c22-12-9-17(20(25)26)19(23-10-12)24-21(27)28-11-18-15-7-3-1-5-13(15)14-6-2-4-8-16(14)18/h1-10,18H,11H2,(H,25,26)(H,23,24,27). The number of amides is 1. The number of carbonyl (C=O) groups excluding carboxylic acids is 1. The van der Waals surface area contributed by atoms with Crippen LogP contribution in [-0.4, -0.2) is 28.8 Å².